The summed E-state index contributed by atoms with van der Waals surface area (Å²) < 4.78 is 5.59. The van der Waals surface area contributed by atoms with Gasteiger partial charge in [-0.05, 0) is 12.5 Å². The summed E-state index contributed by atoms with van der Waals surface area (Å²) in [5.41, 5.74) is 1.79. The van der Waals surface area contributed by atoms with Crippen molar-refractivity contribution in [3.05, 3.63) is 65.7 Å². The molecular weight excluding hydrogens is 224 g/mol. The third-order valence-corrected chi connectivity index (χ3v) is 3.33. The maximum atomic E-state index is 12.5. The van der Waals surface area contributed by atoms with Crippen LogP contribution < -0.4 is 4.74 Å². The van der Waals surface area contributed by atoms with Gasteiger partial charge < -0.3 is 4.74 Å². The SMILES string of the molecule is O=C(c1ccccc1)C1CCOc2ccccc21. The molecule has 1 aliphatic rings. The molecular formula is C16H14O2. The normalized spacial score (nSPS) is 17.7. The Hall–Kier alpha value is -2.09. The van der Waals surface area contributed by atoms with Crippen LogP contribution in [0.3, 0.4) is 0 Å². The van der Waals surface area contributed by atoms with Crippen LogP contribution in [0.2, 0.25) is 0 Å². The van der Waals surface area contributed by atoms with Crippen LogP contribution in [0.1, 0.15) is 28.3 Å². The van der Waals surface area contributed by atoms with Gasteiger partial charge in [0.05, 0.1) is 12.5 Å². The van der Waals surface area contributed by atoms with E-state index in [-0.39, 0.29) is 11.7 Å². The lowest BCUT2D eigenvalue weighted by Crippen LogP contribution is -2.21. The van der Waals surface area contributed by atoms with Gasteiger partial charge in [0.15, 0.2) is 5.78 Å². The van der Waals surface area contributed by atoms with E-state index in [1.807, 2.05) is 54.6 Å². The Balaban J connectivity index is 1.97. The fourth-order valence-corrected chi connectivity index (χ4v) is 2.42. The molecule has 18 heavy (non-hydrogen) atoms. The van der Waals surface area contributed by atoms with Crippen LogP contribution in [0, 0.1) is 0 Å². The average Bonchev–Trinajstić information content (AvgIpc) is 2.47. The number of ketones is 1. The van der Waals surface area contributed by atoms with E-state index in [1.54, 1.807) is 0 Å². The van der Waals surface area contributed by atoms with Crippen molar-refractivity contribution in [2.45, 2.75) is 12.3 Å². The van der Waals surface area contributed by atoms with Crippen LogP contribution >= 0.6 is 0 Å². The molecule has 0 fully saturated rings. The number of carbonyl (C=O) groups excluding carboxylic acids is 1. The maximum Gasteiger partial charge on any atom is 0.170 e. The number of carbonyl (C=O) groups is 1. The molecule has 2 heteroatoms. The van der Waals surface area contributed by atoms with Gasteiger partial charge in [0.2, 0.25) is 0 Å². The maximum absolute atomic E-state index is 12.5. The Morgan fingerprint density at radius 1 is 1.00 bits per heavy atom. The highest BCUT2D eigenvalue weighted by Crippen LogP contribution is 2.35. The molecule has 90 valence electrons. The minimum atomic E-state index is -0.0719. The van der Waals surface area contributed by atoms with Gasteiger partial charge in [0.25, 0.3) is 0 Å². The number of Topliss-reactive ketones (excluding diaryl/α,β-unsaturated/α-hetero) is 1. The molecule has 0 bridgehead atoms. The lowest BCUT2D eigenvalue weighted by molar-refractivity contribution is 0.0933. The van der Waals surface area contributed by atoms with E-state index in [4.69, 9.17) is 4.74 Å². The lowest BCUT2D eigenvalue weighted by Gasteiger charge is -2.24. The molecule has 2 aromatic rings. The summed E-state index contributed by atoms with van der Waals surface area (Å²) in [7, 11) is 0. The Kier molecular flexibility index (Phi) is 2.85. The van der Waals surface area contributed by atoms with Gasteiger partial charge in [-0.2, -0.15) is 0 Å². The second-order valence-electron chi connectivity index (χ2n) is 4.46. The molecule has 3 rings (SSSR count). The smallest absolute Gasteiger partial charge is 0.170 e. The Morgan fingerprint density at radius 2 is 1.72 bits per heavy atom. The summed E-state index contributed by atoms with van der Waals surface area (Å²) in [6, 6.07) is 17.3. The summed E-state index contributed by atoms with van der Waals surface area (Å²) in [6.07, 6.45) is 0.755. The van der Waals surface area contributed by atoms with Gasteiger partial charge in [0.1, 0.15) is 5.75 Å². The van der Waals surface area contributed by atoms with E-state index in [9.17, 15) is 4.79 Å². The molecule has 0 aliphatic carbocycles. The number of rotatable bonds is 2. The van der Waals surface area contributed by atoms with Crippen LogP contribution in [-0.2, 0) is 0 Å². The fraction of sp³-hybridized carbons (Fsp3) is 0.188. The molecule has 1 atom stereocenters. The predicted molar refractivity (Wildman–Crippen MR) is 70.1 cm³/mol. The number of fused-ring (bicyclic) bond motifs is 1. The molecule has 0 N–H and O–H groups in total. The number of hydrogen-bond donors (Lipinski definition) is 0. The minimum absolute atomic E-state index is 0.0719. The molecule has 0 spiro atoms. The highest BCUT2D eigenvalue weighted by Gasteiger charge is 2.27. The van der Waals surface area contributed by atoms with Crippen molar-refractivity contribution in [1.29, 1.82) is 0 Å². The highest BCUT2D eigenvalue weighted by molar-refractivity contribution is 6.01. The van der Waals surface area contributed by atoms with Crippen molar-refractivity contribution in [2.75, 3.05) is 6.61 Å². The molecule has 0 saturated heterocycles. The molecule has 1 heterocycles. The quantitative estimate of drug-likeness (QED) is 0.749. The van der Waals surface area contributed by atoms with Crippen LogP contribution in [0.4, 0.5) is 0 Å². The van der Waals surface area contributed by atoms with Crippen LogP contribution in [0.25, 0.3) is 0 Å². The second-order valence-corrected chi connectivity index (χ2v) is 4.46. The molecule has 1 aliphatic heterocycles. The first-order chi connectivity index (χ1) is 8.86. The summed E-state index contributed by atoms with van der Waals surface area (Å²) >= 11 is 0. The van der Waals surface area contributed by atoms with E-state index >= 15 is 0 Å². The summed E-state index contributed by atoms with van der Waals surface area (Å²) in [6.45, 7) is 0.611. The molecule has 2 aromatic carbocycles. The number of benzene rings is 2. The van der Waals surface area contributed by atoms with E-state index in [2.05, 4.69) is 0 Å². The first kappa shape index (κ1) is 11.0. The van der Waals surface area contributed by atoms with Gasteiger partial charge in [-0.15, -0.1) is 0 Å². The first-order valence-electron chi connectivity index (χ1n) is 6.17. The highest BCUT2D eigenvalue weighted by atomic mass is 16.5. The van der Waals surface area contributed by atoms with E-state index in [0.717, 1.165) is 23.3 Å². The minimum Gasteiger partial charge on any atom is -0.493 e. The van der Waals surface area contributed by atoms with Crippen molar-refractivity contribution in [1.82, 2.24) is 0 Å². The zero-order chi connectivity index (χ0) is 12.4. The Bertz CT molecular complexity index is 560. The van der Waals surface area contributed by atoms with Gasteiger partial charge in [-0.1, -0.05) is 48.5 Å². The summed E-state index contributed by atoms with van der Waals surface area (Å²) in [5, 5.41) is 0. The van der Waals surface area contributed by atoms with Crippen LogP contribution in [-0.4, -0.2) is 12.4 Å². The summed E-state index contributed by atoms with van der Waals surface area (Å²) in [5.74, 6) is 0.960. The number of ether oxygens (including phenoxy) is 1. The molecule has 0 aromatic heterocycles. The molecule has 0 radical (unpaired) electrons. The van der Waals surface area contributed by atoms with Crippen molar-refractivity contribution in [2.24, 2.45) is 0 Å². The Morgan fingerprint density at radius 3 is 2.56 bits per heavy atom. The monoisotopic (exact) mass is 238 g/mol. The zero-order valence-electron chi connectivity index (χ0n) is 10.0. The molecule has 0 amide bonds. The third kappa shape index (κ3) is 1.90. The molecule has 2 nitrogen and oxygen atoms in total. The van der Waals surface area contributed by atoms with Gasteiger partial charge >= 0.3 is 0 Å². The van der Waals surface area contributed by atoms with E-state index < -0.39 is 0 Å². The number of hydrogen-bond acceptors (Lipinski definition) is 2. The van der Waals surface area contributed by atoms with E-state index in [1.165, 1.54) is 0 Å². The van der Waals surface area contributed by atoms with Crippen LogP contribution in [0.5, 0.6) is 5.75 Å². The first-order valence-corrected chi connectivity index (χ1v) is 6.17. The van der Waals surface area contributed by atoms with Crippen molar-refractivity contribution in [3.8, 4) is 5.75 Å². The van der Waals surface area contributed by atoms with Gasteiger partial charge in [-0.25, -0.2) is 0 Å². The molecule has 0 saturated carbocycles. The Labute approximate surface area is 106 Å². The second kappa shape index (κ2) is 4.65. The van der Waals surface area contributed by atoms with Crippen molar-refractivity contribution >= 4 is 5.78 Å². The number of para-hydroxylation sites is 1. The standard InChI is InChI=1S/C16H14O2/c17-16(12-6-2-1-3-7-12)14-10-11-18-15-9-5-4-8-13(14)15/h1-9,14H,10-11H2. The zero-order valence-corrected chi connectivity index (χ0v) is 10.0. The topological polar surface area (TPSA) is 26.3 Å². The van der Waals surface area contributed by atoms with Gasteiger partial charge in [0, 0.05) is 11.1 Å². The third-order valence-electron chi connectivity index (χ3n) is 3.33. The predicted octanol–water partition coefficient (Wildman–Crippen LogP) is 3.44. The summed E-state index contributed by atoms with van der Waals surface area (Å²) in [4.78, 5) is 12.5. The fourth-order valence-electron chi connectivity index (χ4n) is 2.42. The van der Waals surface area contributed by atoms with Crippen molar-refractivity contribution < 1.29 is 9.53 Å². The average molecular weight is 238 g/mol. The largest absolute Gasteiger partial charge is 0.493 e. The van der Waals surface area contributed by atoms with Crippen molar-refractivity contribution in [3.63, 3.8) is 0 Å². The van der Waals surface area contributed by atoms with Gasteiger partial charge in [-0.3, -0.25) is 4.79 Å². The lowest BCUT2D eigenvalue weighted by atomic mass is 9.86. The molecule has 1 unspecified atom stereocenters. The van der Waals surface area contributed by atoms with Crippen LogP contribution in [0.15, 0.2) is 54.6 Å². The van der Waals surface area contributed by atoms with E-state index in [0.29, 0.717) is 6.61 Å².